The first-order chi connectivity index (χ1) is 10.8. The number of piperidine rings is 1. The highest BCUT2D eigenvalue weighted by atomic mass is 35.5. The maximum Gasteiger partial charge on any atom is 0.392 e. The van der Waals surface area contributed by atoms with Gasteiger partial charge in [-0.15, -0.1) is 0 Å². The summed E-state index contributed by atoms with van der Waals surface area (Å²) in [5.74, 6) is -1.62. The molecule has 0 aromatic carbocycles. The van der Waals surface area contributed by atoms with Gasteiger partial charge in [0.2, 0.25) is 0 Å². The summed E-state index contributed by atoms with van der Waals surface area (Å²) in [6, 6.07) is 0. The predicted octanol–water partition coefficient (Wildman–Crippen LogP) is 3.75. The summed E-state index contributed by atoms with van der Waals surface area (Å²) in [7, 11) is 0. The second-order valence-electron chi connectivity index (χ2n) is 6.48. The van der Waals surface area contributed by atoms with Crippen LogP contribution < -0.4 is 0 Å². The minimum atomic E-state index is -4.20. The molecule has 2 heterocycles. The molecule has 8 heteroatoms. The molecule has 23 heavy (non-hydrogen) atoms. The van der Waals surface area contributed by atoms with Crippen molar-refractivity contribution < 1.29 is 18.0 Å². The van der Waals surface area contributed by atoms with Gasteiger partial charge in [0, 0.05) is 19.6 Å². The lowest BCUT2D eigenvalue weighted by Gasteiger charge is -2.54. The molecule has 1 spiro atoms. The molecule has 2 fully saturated rings. The Kier molecular flexibility index (Phi) is 4.11. The lowest BCUT2D eigenvalue weighted by Crippen LogP contribution is -2.57. The average molecular weight is 350 g/mol. The van der Waals surface area contributed by atoms with E-state index in [9.17, 15) is 18.0 Å². The lowest BCUT2D eigenvalue weighted by atomic mass is 9.58. The van der Waals surface area contributed by atoms with Crippen LogP contribution in [0.3, 0.4) is 0 Å². The van der Waals surface area contributed by atoms with Crippen molar-refractivity contribution in [3.05, 3.63) is 16.9 Å². The monoisotopic (exact) mass is 349 g/mol. The fourth-order valence-corrected chi connectivity index (χ4v) is 4.17. The molecule has 1 amide bonds. The highest BCUT2D eigenvalue weighted by Crippen LogP contribution is 2.56. The molecule has 1 atom stereocenters. The molecule has 1 unspecified atom stereocenters. The van der Waals surface area contributed by atoms with Gasteiger partial charge < -0.3 is 4.90 Å². The van der Waals surface area contributed by atoms with Crippen LogP contribution in [0, 0.1) is 11.3 Å². The highest BCUT2D eigenvalue weighted by Gasteiger charge is 2.58. The van der Waals surface area contributed by atoms with Gasteiger partial charge in [-0.05, 0) is 31.6 Å². The van der Waals surface area contributed by atoms with E-state index in [-0.39, 0.29) is 36.1 Å². The molecular weight excluding hydrogens is 331 g/mol. The second-order valence-corrected chi connectivity index (χ2v) is 6.89. The number of aryl methyl sites for hydroxylation is 1. The van der Waals surface area contributed by atoms with Crippen molar-refractivity contribution in [1.82, 2.24) is 14.7 Å². The maximum absolute atomic E-state index is 13.3. The number of aromatic nitrogens is 2. The van der Waals surface area contributed by atoms with Crippen LogP contribution in [0.25, 0.3) is 0 Å². The summed E-state index contributed by atoms with van der Waals surface area (Å²) >= 11 is 6.05. The molecule has 0 radical (unpaired) electrons. The van der Waals surface area contributed by atoms with E-state index in [4.69, 9.17) is 11.6 Å². The molecule has 4 nitrogen and oxygen atoms in total. The molecule has 1 aromatic heterocycles. The van der Waals surface area contributed by atoms with Gasteiger partial charge in [0.1, 0.15) is 5.69 Å². The van der Waals surface area contributed by atoms with E-state index in [1.54, 1.807) is 0 Å². The standard InChI is InChI=1S/C15H19ClF3N3O/c1-2-22-12(10(16)8-20-22)13(23)21-7-4-11(15(17,18)19)14(9-21)5-3-6-14/h8,11H,2-7,9H2,1H3. The number of likely N-dealkylation sites (tertiary alicyclic amines) is 1. The average Bonchev–Trinajstić information content (AvgIpc) is 2.84. The number of halogens is 4. The fourth-order valence-electron chi connectivity index (χ4n) is 3.95. The Morgan fingerprint density at radius 1 is 1.48 bits per heavy atom. The van der Waals surface area contributed by atoms with Crippen molar-refractivity contribution in [2.45, 2.75) is 45.3 Å². The van der Waals surface area contributed by atoms with Crippen molar-refractivity contribution in [1.29, 1.82) is 0 Å². The number of rotatable bonds is 2. The van der Waals surface area contributed by atoms with Gasteiger partial charge in [0.15, 0.2) is 0 Å². The number of amides is 1. The number of nitrogens with zero attached hydrogens (tertiary/aromatic N) is 3. The molecule has 1 aliphatic heterocycles. The van der Waals surface area contributed by atoms with E-state index in [1.165, 1.54) is 15.8 Å². The molecular formula is C15H19ClF3N3O. The zero-order valence-electron chi connectivity index (χ0n) is 12.9. The first-order valence-corrected chi connectivity index (χ1v) is 8.23. The van der Waals surface area contributed by atoms with E-state index >= 15 is 0 Å². The molecule has 0 N–H and O–H groups in total. The van der Waals surface area contributed by atoms with E-state index in [0.29, 0.717) is 19.4 Å². The smallest absolute Gasteiger partial charge is 0.337 e. The minimum absolute atomic E-state index is 0.0346. The second kappa shape index (κ2) is 5.69. The highest BCUT2D eigenvalue weighted by molar-refractivity contribution is 6.33. The van der Waals surface area contributed by atoms with E-state index < -0.39 is 17.5 Å². The van der Waals surface area contributed by atoms with Gasteiger partial charge in [0.05, 0.1) is 17.1 Å². The molecule has 1 aliphatic carbocycles. The van der Waals surface area contributed by atoms with E-state index in [1.807, 2.05) is 6.92 Å². The van der Waals surface area contributed by atoms with Crippen LogP contribution in [0.15, 0.2) is 6.20 Å². The van der Waals surface area contributed by atoms with Gasteiger partial charge in [0.25, 0.3) is 5.91 Å². The Bertz CT molecular complexity index is 610. The van der Waals surface area contributed by atoms with Gasteiger partial charge >= 0.3 is 6.18 Å². The van der Waals surface area contributed by atoms with Crippen molar-refractivity contribution in [2.75, 3.05) is 13.1 Å². The number of hydrogen-bond acceptors (Lipinski definition) is 2. The quantitative estimate of drug-likeness (QED) is 0.815. The Labute approximate surface area is 137 Å². The molecule has 1 saturated heterocycles. The van der Waals surface area contributed by atoms with Crippen LogP contribution in [0.4, 0.5) is 13.2 Å². The Balaban J connectivity index is 1.83. The minimum Gasteiger partial charge on any atom is -0.337 e. The normalized spacial score (nSPS) is 23.9. The number of alkyl halides is 3. The third-order valence-electron chi connectivity index (χ3n) is 5.26. The summed E-state index contributed by atoms with van der Waals surface area (Å²) in [4.78, 5) is 14.3. The first-order valence-electron chi connectivity index (χ1n) is 7.86. The zero-order valence-corrected chi connectivity index (χ0v) is 13.6. The van der Waals surface area contributed by atoms with E-state index in [2.05, 4.69) is 5.10 Å². The molecule has 1 aromatic rings. The summed E-state index contributed by atoms with van der Waals surface area (Å²) in [6.45, 7) is 2.58. The summed E-state index contributed by atoms with van der Waals surface area (Å²) in [5.41, 5.74) is -0.538. The first kappa shape index (κ1) is 16.6. The van der Waals surface area contributed by atoms with Crippen LogP contribution >= 0.6 is 11.6 Å². The SMILES string of the molecule is CCn1ncc(Cl)c1C(=O)N1CCC(C(F)(F)F)C2(CCC2)C1. The third kappa shape index (κ3) is 2.73. The van der Waals surface area contributed by atoms with Crippen LogP contribution in [0.1, 0.15) is 43.1 Å². The fraction of sp³-hybridized carbons (Fsp3) is 0.733. The van der Waals surface area contributed by atoms with Crippen LogP contribution in [-0.2, 0) is 6.54 Å². The lowest BCUT2D eigenvalue weighted by molar-refractivity contribution is -0.235. The molecule has 0 bridgehead atoms. The zero-order chi connectivity index (χ0) is 16.8. The predicted molar refractivity (Wildman–Crippen MR) is 79.3 cm³/mol. The van der Waals surface area contributed by atoms with Crippen molar-refractivity contribution in [3.63, 3.8) is 0 Å². The maximum atomic E-state index is 13.3. The number of carbonyl (C=O) groups excluding carboxylic acids is 1. The largest absolute Gasteiger partial charge is 0.392 e. The number of carbonyl (C=O) groups is 1. The molecule has 3 rings (SSSR count). The van der Waals surface area contributed by atoms with Crippen molar-refractivity contribution in [2.24, 2.45) is 11.3 Å². The third-order valence-corrected chi connectivity index (χ3v) is 5.54. The topological polar surface area (TPSA) is 38.1 Å². The molecule has 2 aliphatic rings. The van der Waals surface area contributed by atoms with Gasteiger partial charge in [-0.2, -0.15) is 18.3 Å². The Hall–Kier alpha value is -1.24. The Morgan fingerprint density at radius 3 is 2.70 bits per heavy atom. The summed E-state index contributed by atoms with van der Waals surface area (Å²) in [5, 5.41) is 4.28. The molecule has 1 saturated carbocycles. The van der Waals surface area contributed by atoms with Gasteiger partial charge in [-0.1, -0.05) is 18.0 Å². The van der Waals surface area contributed by atoms with Gasteiger partial charge in [-0.3, -0.25) is 9.48 Å². The summed E-state index contributed by atoms with van der Waals surface area (Å²) < 4.78 is 41.4. The van der Waals surface area contributed by atoms with Crippen molar-refractivity contribution >= 4 is 17.5 Å². The van der Waals surface area contributed by atoms with E-state index in [0.717, 1.165) is 6.42 Å². The van der Waals surface area contributed by atoms with Crippen LogP contribution in [0.2, 0.25) is 5.02 Å². The van der Waals surface area contributed by atoms with Crippen LogP contribution in [0.5, 0.6) is 0 Å². The number of hydrogen-bond donors (Lipinski definition) is 0. The Morgan fingerprint density at radius 2 is 2.17 bits per heavy atom. The van der Waals surface area contributed by atoms with Crippen molar-refractivity contribution in [3.8, 4) is 0 Å². The van der Waals surface area contributed by atoms with Gasteiger partial charge in [-0.25, -0.2) is 0 Å². The van der Waals surface area contributed by atoms with Crippen LogP contribution in [-0.4, -0.2) is 39.9 Å². The summed E-state index contributed by atoms with van der Waals surface area (Å²) in [6.07, 6.45) is -0.975. The molecule has 128 valence electrons.